The number of carboxylic acids is 1. The molecule has 3 N–H and O–H groups in total. The Morgan fingerprint density at radius 2 is 2.00 bits per heavy atom. The lowest BCUT2D eigenvalue weighted by Crippen LogP contribution is -2.45. The number of carboxylic acid groups (broad SMARTS) is 1. The SMILES string of the molecule is CC1CCCC(NC(=O)NC(C)CCCC(=O)O)CC1. The molecule has 0 heterocycles. The highest BCUT2D eigenvalue weighted by molar-refractivity contribution is 5.74. The number of carbonyl (C=O) groups excluding carboxylic acids is 1. The van der Waals surface area contributed by atoms with E-state index in [-0.39, 0.29) is 24.5 Å². The third-order valence-electron chi connectivity index (χ3n) is 4.00. The minimum Gasteiger partial charge on any atom is -0.481 e. The fourth-order valence-electron chi connectivity index (χ4n) is 2.71. The Morgan fingerprint density at radius 1 is 1.25 bits per heavy atom. The monoisotopic (exact) mass is 284 g/mol. The first-order valence-corrected chi connectivity index (χ1v) is 7.76. The van der Waals surface area contributed by atoms with Crippen LogP contribution in [-0.2, 0) is 4.79 Å². The summed E-state index contributed by atoms with van der Waals surface area (Å²) in [6.45, 7) is 4.18. The zero-order valence-electron chi connectivity index (χ0n) is 12.7. The van der Waals surface area contributed by atoms with Crippen LogP contribution in [0.15, 0.2) is 0 Å². The number of hydrogen-bond donors (Lipinski definition) is 3. The molecule has 3 unspecified atom stereocenters. The highest BCUT2D eigenvalue weighted by Crippen LogP contribution is 2.22. The number of carbonyl (C=O) groups is 2. The van der Waals surface area contributed by atoms with Crippen LogP contribution >= 0.6 is 0 Å². The summed E-state index contributed by atoms with van der Waals surface area (Å²) in [6, 6.07) is 0.178. The predicted molar refractivity (Wildman–Crippen MR) is 78.7 cm³/mol. The van der Waals surface area contributed by atoms with E-state index in [4.69, 9.17) is 5.11 Å². The minimum atomic E-state index is -0.783. The molecule has 2 amide bonds. The lowest BCUT2D eigenvalue weighted by atomic mass is 10.0. The largest absolute Gasteiger partial charge is 0.481 e. The Kier molecular flexibility index (Phi) is 7.41. The smallest absolute Gasteiger partial charge is 0.315 e. The maximum absolute atomic E-state index is 11.9. The molecule has 1 rings (SSSR count). The second-order valence-electron chi connectivity index (χ2n) is 6.12. The van der Waals surface area contributed by atoms with Crippen molar-refractivity contribution in [1.82, 2.24) is 10.6 Å². The predicted octanol–water partition coefficient (Wildman–Crippen LogP) is 2.90. The molecule has 0 radical (unpaired) electrons. The minimum absolute atomic E-state index is 0.0130. The van der Waals surface area contributed by atoms with Gasteiger partial charge in [-0.05, 0) is 44.9 Å². The second kappa shape index (κ2) is 8.82. The zero-order valence-corrected chi connectivity index (χ0v) is 12.7. The van der Waals surface area contributed by atoms with Crippen molar-refractivity contribution in [3.63, 3.8) is 0 Å². The van der Waals surface area contributed by atoms with E-state index in [0.29, 0.717) is 12.8 Å². The van der Waals surface area contributed by atoms with Crippen LogP contribution < -0.4 is 10.6 Å². The molecule has 0 bridgehead atoms. The average molecular weight is 284 g/mol. The van der Waals surface area contributed by atoms with Gasteiger partial charge in [0.1, 0.15) is 0 Å². The van der Waals surface area contributed by atoms with E-state index in [1.54, 1.807) is 0 Å². The van der Waals surface area contributed by atoms with Crippen LogP contribution in [0.4, 0.5) is 4.79 Å². The number of nitrogens with one attached hydrogen (secondary N) is 2. The number of rotatable bonds is 6. The van der Waals surface area contributed by atoms with Gasteiger partial charge in [0.25, 0.3) is 0 Å². The molecule has 1 saturated carbocycles. The number of aliphatic carboxylic acids is 1. The van der Waals surface area contributed by atoms with Gasteiger partial charge in [-0.1, -0.05) is 19.8 Å². The van der Waals surface area contributed by atoms with E-state index < -0.39 is 5.97 Å². The van der Waals surface area contributed by atoms with Gasteiger partial charge in [0.15, 0.2) is 0 Å². The van der Waals surface area contributed by atoms with Crippen molar-refractivity contribution in [2.24, 2.45) is 5.92 Å². The lowest BCUT2D eigenvalue weighted by Gasteiger charge is -2.19. The Balaban J connectivity index is 2.19. The molecule has 20 heavy (non-hydrogen) atoms. The third-order valence-corrected chi connectivity index (χ3v) is 4.00. The van der Waals surface area contributed by atoms with Gasteiger partial charge in [0.05, 0.1) is 0 Å². The Bertz CT molecular complexity index is 320. The number of hydrogen-bond acceptors (Lipinski definition) is 2. The molecule has 3 atom stereocenters. The topological polar surface area (TPSA) is 78.4 Å². The zero-order chi connectivity index (χ0) is 15.0. The molecule has 116 valence electrons. The van der Waals surface area contributed by atoms with Crippen LogP contribution in [0.25, 0.3) is 0 Å². The maximum Gasteiger partial charge on any atom is 0.315 e. The van der Waals surface area contributed by atoms with Crippen LogP contribution in [0.1, 0.15) is 65.2 Å². The van der Waals surface area contributed by atoms with E-state index >= 15 is 0 Å². The molecule has 5 heteroatoms. The molecule has 0 aromatic rings. The summed E-state index contributed by atoms with van der Waals surface area (Å²) in [6.07, 6.45) is 7.19. The fraction of sp³-hybridized carbons (Fsp3) is 0.867. The normalized spacial score (nSPS) is 24.5. The summed E-state index contributed by atoms with van der Waals surface area (Å²) in [5, 5.41) is 14.5. The van der Waals surface area contributed by atoms with E-state index in [1.165, 1.54) is 19.3 Å². The molecular formula is C15H28N2O3. The van der Waals surface area contributed by atoms with Gasteiger partial charge in [-0.2, -0.15) is 0 Å². The van der Waals surface area contributed by atoms with Crippen molar-refractivity contribution in [2.45, 2.75) is 77.3 Å². The molecule has 0 aromatic heterocycles. The molecule has 0 saturated heterocycles. The Hall–Kier alpha value is -1.26. The van der Waals surface area contributed by atoms with Gasteiger partial charge in [0, 0.05) is 18.5 Å². The highest BCUT2D eigenvalue weighted by atomic mass is 16.4. The van der Waals surface area contributed by atoms with E-state index in [9.17, 15) is 9.59 Å². The van der Waals surface area contributed by atoms with Gasteiger partial charge in [-0.25, -0.2) is 4.79 Å². The number of amides is 2. The molecule has 1 fully saturated rings. The van der Waals surface area contributed by atoms with Crippen LogP contribution in [0.5, 0.6) is 0 Å². The summed E-state index contributed by atoms with van der Waals surface area (Å²) in [5.74, 6) is -0.0194. The summed E-state index contributed by atoms with van der Waals surface area (Å²) in [5.41, 5.74) is 0. The molecule has 0 aromatic carbocycles. The third kappa shape index (κ3) is 7.36. The van der Waals surface area contributed by atoms with Gasteiger partial charge in [-0.3, -0.25) is 4.79 Å². The van der Waals surface area contributed by atoms with Crippen molar-refractivity contribution >= 4 is 12.0 Å². The number of urea groups is 1. The molecular weight excluding hydrogens is 256 g/mol. The Morgan fingerprint density at radius 3 is 2.70 bits per heavy atom. The summed E-state index contributed by atoms with van der Waals surface area (Å²) in [4.78, 5) is 22.3. The quantitative estimate of drug-likeness (QED) is 0.656. The van der Waals surface area contributed by atoms with Crippen molar-refractivity contribution in [1.29, 1.82) is 0 Å². The van der Waals surface area contributed by atoms with Gasteiger partial charge >= 0.3 is 12.0 Å². The highest BCUT2D eigenvalue weighted by Gasteiger charge is 2.18. The molecule has 0 spiro atoms. The van der Waals surface area contributed by atoms with Crippen LogP contribution in [0, 0.1) is 5.92 Å². The van der Waals surface area contributed by atoms with Gasteiger partial charge in [-0.15, -0.1) is 0 Å². The molecule has 1 aliphatic carbocycles. The van der Waals surface area contributed by atoms with E-state index in [0.717, 1.165) is 18.8 Å². The second-order valence-corrected chi connectivity index (χ2v) is 6.12. The summed E-state index contributed by atoms with van der Waals surface area (Å²) >= 11 is 0. The maximum atomic E-state index is 11.9. The fourth-order valence-corrected chi connectivity index (χ4v) is 2.71. The van der Waals surface area contributed by atoms with Crippen molar-refractivity contribution in [3.05, 3.63) is 0 Å². The van der Waals surface area contributed by atoms with Gasteiger partial charge < -0.3 is 15.7 Å². The summed E-state index contributed by atoms with van der Waals surface area (Å²) in [7, 11) is 0. The molecule has 0 aliphatic heterocycles. The first kappa shape index (κ1) is 16.8. The Labute approximate surface area is 121 Å². The molecule has 1 aliphatic rings. The first-order chi connectivity index (χ1) is 9.47. The van der Waals surface area contributed by atoms with E-state index in [1.807, 2.05) is 6.92 Å². The lowest BCUT2D eigenvalue weighted by molar-refractivity contribution is -0.137. The van der Waals surface area contributed by atoms with Crippen molar-refractivity contribution < 1.29 is 14.7 Å². The average Bonchev–Trinajstić information content (AvgIpc) is 2.53. The van der Waals surface area contributed by atoms with Crippen LogP contribution in [0.2, 0.25) is 0 Å². The van der Waals surface area contributed by atoms with Crippen LogP contribution in [-0.4, -0.2) is 29.2 Å². The van der Waals surface area contributed by atoms with E-state index in [2.05, 4.69) is 17.6 Å². The van der Waals surface area contributed by atoms with Gasteiger partial charge in [0.2, 0.25) is 0 Å². The standard InChI is InChI=1S/C15H28N2O3/c1-11-5-3-7-13(10-9-11)17-15(20)16-12(2)6-4-8-14(18)19/h11-13H,3-10H2,1-2H3,(H,18,19)(H2,16,17,20). The molecule has 5 nitrogen and oxygen atoms in total. The van der Waals surface area contributed by atoms with Crippen molar-refractivity contribution in [2.75, 3.05) is 0 Å². The summed E-state index contributed by atoms with van der Waals surface area (Å²) < 4.78 is 0. The first-order valence-electron chi connectivity index (χ1n) is 7.76. The van der Waals surface area contributed by atoms with Crippen molar-refractivity contribution in [3.8, 4) is 0 Å². The van der Waals surface area contributed by atoms with Crippen LogP contribution in [0.3, 0.4) is 0 Å².